The van der Waals surface area contributed by atoms with Crippen molar-refractivity contribution in [2.24, 2.45) is 0 Å². The molecule has 30 heteroatoms. The molecule has 27 nitrogen and oxygen atoms in total. The first-order valence-electron chi connectivity index (χ1n) is 36.5. The van der Waals surface area contributed by atoms with Crippen molar-refractivity contribution in [2.45, 2.75) is 53.9 Å². The second kappa shape index (κ2) is 50.0. The van der Waals surface area contributed by atoms with Crippen molar-refractivity contribution in [1.82, 2.24) is 34.8 Å². The number of nitrogens with one attached hydrogen (secondary N) is 9. The van der Waals surface area contributed by atoms with E-state index in [1.54, 1.807) is 72.9 Å². The Morgan fingerprint density at radius 1 is 0.411 bits per heavy atom. The van der Waals surface area contributed by atoms with Gasteiger partial charge in [0.2, 0.25) is 35.6 Å². The fourth-order valence-electron chi connectivity index (χ4n) is 9.61. The highest BCUT2D eigenvalue weighted by atomic mass is 19.1. The minimum atomic E-state index is -0.694. The molecule has 9 N–H and O–H groups in total. The summed E-state index contributed by atoms with van der Waals surface area (Å²) in [6.07, 6.45) is 12.5. The topological polar surface area (TPSA) is 314 Å². The van der Waals surface area contributed by atoms with Gasteiger partial charge in [0.25, 0.3) is 0 Å². The Morgan fingerprint density at radius 2 is 0.804 bits per heavy atom. The molecule has 0 unspecified atom stereocenters. The highest BCUT2D eigenvalue weighted by Crippen LogP contribution is 2.29. The Morgan fingerprint density at radius 3 is 1.29 bits per heavy atom. The smallest absolute Gasteiger partial charge is 0.248 e. The Kier molecular flexibility index (Phi) is 39.0. The maximum Gasteiger partial charge on any atom is 0.248 e. The van der Waals surface area contributed by atoms with Crippen LogP contribution in [0.2, 0.25) is 0 Å². The molecule has 0 aliphatic heterocycles. The maximum atomic E-state index is 14.5. The number of benzene rings is 6. The van der Waals surface area contributed by atoms with Crippen LogP contribution >= 0.6 is 0 Å². The van der Waals surface area contributed by atoms with Crippen LogP contribution in [0.15, 0.2) is 196 Å². The van der Waals surface area contributed by atoms with Crippen LogP contribution in [-0.2, 0) is 42.8 Å². The summed E-state index contributed by atoms with van der Waals surface area (Å²) in [5.41, 5.74) is 7.44. The molecule has 3 amide bonds. The van der Waals surface area contributed by atoms with Crippen molar-refractivity contribution in [3.63, 3.8) is 0 Å². The SMILES string of the molecule is C=CC(=O)Nc1cccc(Nc2nc(Nc3ccc(OCCOCCOCCC)c(F)c3)ncc2F)c1.C=CC(=O)Nc1cccc(Nc2nc(Nc3cccc(OCCOCCOCCC)c3)ncc2C)c1.CCCOCCOCCN(C)C/C=C/C(=O)Nc1cccc(Nc2ncc(F)c(Nc3cccc(C)c3)n2)c1. The van der Waals surface area contributed by atoms with Crippen molar-refractivity contribution in [3.8, 4) is 11.5 Å². The monoisotopic (exact) mass is 1540 g/mol. The summed E-state index contributed by atoms with van der Waals surface area (Å²) < 4.78 is 86.8. The standard InChI is InChI=1S/C29H37FN6O3.C27H33N5O4.C26H29F2N5O4/c1-4-15-38-17-18-39-16-14-36(3)13-7-12-27(37)32-24-10-6-11-25(20-24)34-29-31-21-26(30)28(35-29)33-23-9-5-8-22(2)19-23;1-4-12-34-13-14-35-15-16-36-24-11-7-10-23(18-24)31-27-28-19-20(3)26(32-27)30-22-9-6-8-21(17-22)29-25(33)5-2;1-3-10-35-11-12-36-13-14-37-23-9-8-20(16-21(23)27)32-26-29-17-22(28)25(33-26)31-19-7-5-6-18(15-19)30-24(34)4-2/h5-12,19-21H,4,13-18H2,1-3H3,(H,32,37)(H2,31,33,34,35);5-11,17-19H,2,4,12-16H2,1,3H3,(H,29,33)(H2,28,30,31,32);4-9,15-17H,2-3,10-14H2,1H3,(H,30,34)(H2,29,31,32,33)/b12-7+;;. The minimum absolute atomic E-state index is 0.0479. The molecule has 0 atom stereocenters. The normalized spacial score (nSPS) is 10.8. The van der Waals surface area contributed by atoms with Crippen LogP contribution < -0.4 is 57.3 Å². The fourth-order valence-corrected chi connectivity index (χ4v) is 9.61. The lowest BCUT2D eigenvalue weighted by Gasteiger charge is -2.14. The van der Waals surface area contributed by atoms with Gasteiger partial charge in [-0.25, -0.2) is 28.1 Å². The van der Waals surface area contributed by atoms with Crippen LogP contribution in [0.4, 0.5) is 99.7 Å². The largest absolute Gasteiger partial charge is 0.491 e. The van der Waals surface area contributed by atoms with E-state index in [1.165, 1.54) is 24.3 Å². The molecule has 0 spiro atoms. The molecule has 594 valence electrons. The van der Waals surface area contributed by atoms with Gasteiger partial charge in [-0.1, -0.05) is 76.4 Å². The molecule has 3 aromatic heterocycles. The number of hydrogen-bond acceptors (Lipinski definition) is 24. The van der Waals surface area contributed by atoms with Crippen LogP contribution in [0.1, 0.15) is 51.2 Å². The zero-order chi connectivity index (χ0) is 79.9. The molecule has 112 heavy (non-hydrogen) atoms. The molecular weight excluding hydrogens is 1440 g/mol. The van der Waals surface area contributed by atoms with E-state index in [1.807, 2.05) is 94.5 Å². The quantitative estimate of drug-likeness (QED) is 0.0126. The molecule has 0 saturated carbocycles. The highest BCUT2D eigenvalue weighted by Gasteiger charge is 2.15. The van der Waals surface area contributed by atoms with Crippen molar-refractivity contribution in [1.29, 1.82) is 0 Å². The molecule has 0 radical (unpaired) electrons. The van der Waals surface area contributed by atoms with Crippen molar-refractivity contribution in [3.05, 3.63) is 224 Å². The summed E-state index contributed by atoms with van der Waals surface area (Å²) in [6.45, 7) is 25.8. The first-order valence-corrected chi connectivity index (χ1v) is 36.5. The summed E-state index contributed by atoms with van der Waals surface area (Å²) in [5.74, 6) is -0.643. The summed E-state index contributed by atoms with van der Waals surface area (Å²) in [7, 11) is 1.97. The van der Waals surface area contributed by atoms with E-state index in [4.69, 9.17) is 37.9 Å². The van der Waals surface area contributed by atoms with Crippen molar-refractivity contribution in [2.75, 3.05) is 160 Å². The summed E-state index contributed by atoms with van der Waals surface area (Å²) >= 11 is 0. The Labute approximate surface area is 651 Å². The number of halogens is 3. The van der Waals surface area contributed by atoms with E-state index in [9.17, 15) is 27.6 Å². The number of carbonyl (C=O) groups excluding carboxylic acids is 3. The van der Waals surface area contributed by atoms with Crippen LogP contribution in [0.5, 0.6) is 11.5 Å². The Hall–Kier alpha value is -11.9. The zero-order valence-corrected chi connectivity index (χ0v) is 63.9. The second-order valence-corrected chi connectivity index (χ2v) is 24.5. The first-order chi connectivity index (χ1) is 54.5. The van der Waals surface area contributed by atoms with Gasteiger partial charge in [-0.15, -0.1) is 0 Å². The van der Waals surface area contributed by atoms with E-state index in [2.05, 4.69) is 110 Å². The number of likely N-dealkylation sites (N-methyl/N-ethyl adjacent to an activating group) is 1. The first kappa shape index (κ1) is 87.3. The van der Waals surface area contributed by atoms with Crippen LogP contribution in [-0.4, -0.2) is 165 Å². The van der Waals surface area contributed by atoms with Gasteiger partial charge in [-0.3, -0.25) is 14.4 Å². The number of aromatic nitrogens is 6. The average Bonchev–Trinajstić information content (AvgIpc) is 0.837. The molecule has 3 heterocycles. The van der Waals surface area contributed by atoms with Crippen LogP contribution in [0.25, 0.3) is 0 Å². The van der Waals surface area contributed by atoms with E-state index in [0.717, 1.165) is 91.4 Å². The average molecular weight is 1540 g/mol. The third kappa shape index (κ3) is 33.9. The Balaban J connectivity index is 0.000000233. The second-order valence-electron chi connectivity index (χ2n) is 24.5. The van der Waals surface area contributed by atoms with Gasteiger partial charge in [-0.2, -0.15) is 15.0 Å². The van der Waals surface area contributed by atoms with E-state index in [0.29, 0.717) is 125 Å². The minimum Gasteiger partial charge on any atom is -0.491 e. The number of carbonyl (C=O) groups is 3. The summed E-state index contributed by atoms with van der Waals surface area (Å²) in [4.78, 5) is 62.8. The Bertz CT molecular complexity index is 4430. The van der Waals surface area contributed by atoms with Gasteiger partial charge in [0, 0.05) is 114 Å². The van der Waals surface area contributed by atoms with Crippen molar-refractivity contribution >= 4 is 104 Å². The molecule has 9 aromatic rings. The van der Waals surface area contributed by atoms with E-state index < -0.39 is 17.5 Å². The predicted molar refractivity (Wildman–Crippen MR) is 433 cm³/mol. The number of nitrogens with zero attached hydrogens (tertiary/aromatic N) is 7. The molecule has 0 aliphatic carbocycles. The number of ether oxygens (including phenoxy) is 8. The number of anilines is 15. The predicted octanol–water partition coefficient (Wildman–Crippen LogP) is 15.7. The molecule has 0 bridgehead atoms. The third-order valence-electron chi connectivity index (χ3n) is 15.0. The highest BCUT2D eigenvalue weighted by molar-refractivity contribution is 6.00. The molecule has 6 aromatic carbocycles. The number of rotatable bonds is 46. The van der Waals surface area contributed by atoms with Gasteiger partial charge in [0.05, 0.1) is 71.9 Å². The van der Waals surface area contributed by atoms with Gasteiger partial charge in [0.1, 0.15) is 24.8 Å². The summed E-state index contributed by atoms with van der Waals surface area (Å²) in [5, 5.41) is 26.4. The number of amides is 3. The van der Waals surface area contributed by atoms with Crippen LogP contribution in [0, 0.1) is 31.3 Å². The van der Waals surface area contributed by atoms with Crippen LogP contribution in [0.3, 0.4) is 0 Å². The molecule has 0 fully saturated rings. The van der Waals surface area contributed by atoms with E-state index >= 15 is 0 Å². The maximum absolute atomic E-state index is 14.5. The van der Waals surface area contributed by atoms with Gasteiger partial charge in [0.15, 0.2) is 34.8 Å². The zero-order valence-electron chi connectivity index (χ0n) is 63.9. The van der Waals surface area contributed by atoms with Gasteiger partial charge >= 0.3 is 0 Å². The molecule has 0 saturated heterocycles. The van der Waals surface area contributed by atoms with E-state index in [-0.39, 0.29) is 53.6 Å². The van der Waals surface area contributed by atoms with Crippen molar-refractivity contribution < 1.29 is 65.4 Å². The fraction of sp³-hybridized carbons (Fsp3) is 0.305. The lowest BCUT2D eigenvalue weighted by atomic mass is 10.2. The lowest BCUT2D eigenvalue weighted by molar-refractivity contribution is -0.112. The molecule has 0 aliphatic rings. The number of hydrogen-bond donors (Lipinski definition) is 9. The molecular formula is C82H99F3N16O11. The van der Waals surface area contributed by atoms with Gasteiger partial charge in [-0.05, 0) is 149 Å². The van der Waals surface area contributed by atoms with Gasteiger partial charge < -0.3 is 90.6 Å². The lowest BCUT2D eigenvalue weighted by Crippen LogP contribution is -2.24. The number of aryl methyl sites for hydroxylation is 2. The summed E-state index contributed by atoms with van der Waals surface area (Å²) in [6, 6.07) is 40.5. The molecule has 9 rings (SSSR count). The third-order valence-corrected chi connectivity index (χ3v) is 15.0.